The van der Waals surface area contributed by atoms with E-state index in [1.807, 2.05) is 20.8 Å². The number of nitrogens with zero attached hydrogens (tertiary/aromatic N) is 2. The molecule has 0 aliphatic rings. The Bertz CT molecular complexity index is 170. The Morgan fingerprint density at radius 3 is 1.93 bits per heavy atom. The number of hydrogen-bond acceptors (Lipinski definition) is 4. The Kier molecular flexibility index (Phi) is 9.49. The highest BCUT2D eigenvalue weighted by atomic mass is 16.5. The summed E-state index contributed by atoms with van der Waals surface area (Å²) in [6.45, 7) is 10.2. The first-order valence-corrected chi connectivity index (χ1v) is 5.55. The summed E-state index contributed by atoms with van der Waals surface area (Å²) in [5.74, 6) is 0. The summed E-state index contributed by atoms with van der Waals surface area (Å²) in [7, 11) is 0. The van der Waals surface area contributed by atoms with Gasteiger partial charge in [-0.25, -0.2) is 0 Å². The molecule has 15 heavy (non-hydrogen) atoms. The van der Waals surface area contributed by atoms with Crippen LogP contribution in [0.25, 0.3) is 0 Å². The molecular weight excluding hydrogens is 192 g/mol. The third-order valence-electron chi connectivity index (χ3n) is 2.19. The lowest BCUT2D eigenvalue weighted by Gasteiger charge is -2.24. The average Bonchev–Trinajstić information content (AvgIpc) is 2.26. The van der Waals surface area contributed by atoms with Crippen molar-refractivity contribution in [3.63, 3.8) is 0 Å². The van der Waals surface area contributed by atoms with Gasteiger partial charge in [0.2, 0.25) is 0 Å². The Balaban J connectivity index is 3.80. The highest BCUT2D eigenvalue weighted by molar-refractivity contribution is 4.87. The smallest absolute Gasteiger partial charge is 0.0950 e. The molecule has 1 unspecified atom stereocenters. The molecule has 0 heterocycles. The first-order valence-electron chi connectivity index (χ1n) is 5.55. The van der Waals surface area contributed by atoms with Crippen LogP contribution in [-0.2, 0) is 9.47 Å². The zero-order valence-corrected chi connectivity index (χ0v) is 10.0. The Hall–Kier alpha value is -0.630. The van der Waals surface area contributed by atoms with Gasteiger partial charge in [0.25, 0.3) is 0 Å². The molecule has 0 amide bonds. The van der Waals surface area contributed by atoms with E-state index in [2.05, 4.69) is 11.0 Å². The fourth-order valence-electron chi connectivity index (χ4n) is 1.23. The maximum absolute atomic E-state index is 8.84. The third-order valence-corrected chi connectivity index (χ3v) is 2.19. The zero-order chi connectivity index (χ0) is 11.5. The van der Waals surface area contributed by atoms with E-state index in [1.54, 1.807) is 0 Å². The normalized spacial score (nSPS) is 12.7. The zero-order valence-electron chi connectivity index (χ0n) is 10.0. The first kappa shape index (κ1) is 14.4. The van der Waals surface area contributed by atoms with Gasteiger partial charge in [-0.1, -0.05) is 0 Å². The Morgan fingerprint density at radius 2 is 1.60 bits per heavy atom. The predicted octanol–water partition coefficient (Wildman–Crippen LogP) is 1.27. The molecule has 0 rings (SSSR count). The van der Waals surface area contributed by atoms with Gasteiger partial charge in [-0.3, -0.25) is 4.90 Å². The van der Waals surface area contributed by atoms with E-state index in [0.717, 1.165) is 26.3 Å². The van der Waals surface area contributed by atoms with Crippen LogP contribution in [0.4, 0.5) is 0 Å². The SMILES string of the molecule is CCOCCN(CCOCC)C(C)C#N. The molecule has 0 saturated carbocycles. The molecule has 0 fully saturated rings. The van der Waals surface area contributed by atoms with E-state index in [0.29, 0.717) is 13.2 Å². The second-order valence-corrected chi connectivity index (χ2v) is 3.23. The molecular formula is C11H22N2O2. The standard InChI is InChI=1S/C11H22N2O2/c1-4-14-8-6-13(11(3)10-12)7-9-15-5-2/h11H,4-9H2,1-3H3. The fraction of sp³-hybridized carbons (Fsp3) is 0.909. The van der Waals surface area contributed by atoms with Crippen molar-refractivity contribution >= 4 is 0 Å². The molecule has 0 aromatic rings. The molecule has 88 valence electrons. The molecule has 0 spiro atoms. The summed E-state index contributed by atoms with van der Waals surface area (Å²) in [5.41, 5.74) is 0. The summed E-state index contributed by atoms with van der Waals surface area (Å²) < 4.78 is 10.5. The number of rotatable bonds is 9. The van der Waals surface area contributed by atoms with Gasteiger partial charge in [-0.05, 0) is 20.8 Å². The molecule has 0 aromatic carbocycles. The van der Waals surface area contributed by atoms with Gasteiger partial charge >= 0.3 is 0 Å². The highest BCUT2D eigenvalue weighted by Gasteiger charge is 2.11. The molecule has 0 radical (unpaired) electrons. The number of hydrogen-bond donors (Lipinski definition) is 0. The summed E-state index contributed by atoms with van der Waals surface area (Å²) >= 11 is 0. The highest BCUT2D eigenvalue weighted by Crippen LogP contribution is 1.97. The molecule has 4 heteroatoms. The van der Waals surface area contributed by atoms with Crippen molar-refractivity contribution in [3.05, 3.63) is 0 Å². The second-order valence-electron chi connectivity index (χ2n) is 3.23. The lowest BCUT2D eigenvalue weighted by molar-refractivity contribution is 0.0757. The Labute approximate surface area is 92.8 Å². The molecule has 4 nitrogen and oxygen atoms in total. The number of ether oxygens (including phenoxy) is 2. The van der Waals surface area contributed by atoms with Gasteiger partial charge in [0.15, 0.2) is 0 Å². The van der Waals surface area contributed by atoms with Crippen molar-refractivity contribution in [1.29, 1.82) is 5.26 Å². The number of nitriles is 1. The minimum absolute atomic E-state index is 0.0779. The van der Waals surface area contributed by atoms with Crippen molar-refractivity contribution in [3.8, 4) is 6.07 Å². The Morgan fingerprint density at radius 1 is 1.13 bits per heavy atom. The molecule has 0 aliphatic heterocycles. The van der Waals surface area contributed by atoms with Gasteiger partial charge in [0.1, 0.15) is 0 Å². The van der Waals surface area contributed by atoms with Crippen LogP contribution in [0.3, 0.4) is 0 Å². The van der Waals surface area contributed by atoms with E-state index < -0.39 is 0 Å². The van der Waals surface area contributed by atoms with E-state index in [9.17, 15) is 0 Å². The topological polar surface area (TPSA) is 45.5 Å². The van der Waals surface area contributed by atoms with Crippen LogP contribution in [0.1, 0.15) is 20.8 Å². The van der Waals surface area contributed by atoms with Gasteiger partial charge in [0.05, 0.1) is 25.3 Å². The first-order chi connectivity index (χ1) is 7.26. The molecule has 0 N–H and O–H groups in total. The molecule has 0 bridgehead atoms. The second kappa shape index (κ2) is 9.91. The molecule has 1 atom stereocenters. The van der Waals surface area contributed by atoms with Crippen LogP contribution in [0.5, 0.6) is 0 Å². The van der Waals surface area contributed by atoms with Crippen molar-refractivity contribution in [2.75, 3.05) is 39.5 Å². The third kappa shape index (κ3) is 7.32. The van der Waals surface area contributed by atoms with Crippen molar-refractivity contribution in [1.82, 2.24) is 4.90 Å². The monoisotopic (exact) mass is 214 g/mol. The van der Waals surface area contributed by atoms with Crippen LogP contribution in [0, 0.1) is 11.3 Å². The van der Waals surface area contributed by atoms with E-state index in [4.69, 9.17) is 14.7 Å². The summed E-state index contributed by atoms with van der Waals surface area (Å²) in [6, 6.07) is 2.16. The van der Waals surface area contributed by atoms with Gasteiger partial charge in [-0.15, -0.1) is 0 Å². The van der Waals surface area contributed by atoms with Crippen LogP contribution in [-0.4, -0.2) is 50.5 Å². The maximum Gasteiger partial charge on any atom is 0.0950 e. The minimum Gasteiger partial charge on any atom is -0.380 e. The molecule has 0 saturated heterocycles. The van der Waals surface area contributed by atoms with Crippen molar-refractivity contribution in [2.45, 2.75) is 26.8 Å². The fourth-order valence-corrected chi connectivity index (χ4v) is 1.23. The van der Waals surface area contributed by atoms with E-state index in [1.165, 1.54) is 0 Å². The van der Waals surface area contributed by atoms with E-state index in [-0.39, 0.29) is 6.04 Å². The van der Waals surface area contributed by atoms with Crippen LogP contribution >= 0.6 is 0 Å². The summed E-state index contributed by atoms with van der Waals surface area (Å²) in [5, 5.41) is 8.84. The van der Waals surface area contributed by atoms with Gasteiger partial charge in [0, 0.05) is 26.3 Å². The van der Waals surface area contributed by atoms with Crippen molar-refractivity contribution in [2.24, 2.45) is 0 Å². The quantitative estimate of drug-likeness (QED) is 0.542. The van der Waals surface area contributed by atoms with Gasteiger partial charge < -0.3 is 9.47 Å². The van der Waals surface area contributed by atoms with Crippen LogP contribution < -0.4 is 0 Å². The average molecular weight is 214 g/mol. The van der Waals surface area contributed by atoms with Crippen LogP contribution in [0.2, 0.25) is 0 Å². The van der Waals surface area contributed by atoms with Crippen LogP contribution in [0.15, 0.2) is 0 Å². The largest absolute Gasteiger partial charge is 0.380 e. The summed E-state index contributed by atoms with van der Waals surface area (Å²) in [4.78, 5) is 2.07. The lowest BCUT2D eigenvalue weighted by atomic mass is 10.3. The maximum atomic E-state index is 8.84. The lowest BCUT2D eigenvalue weighted by Crippen LogP contribution is -2.37. The summed E-state index contributed by atoms with van der Waals surface area (Å²) in [6.07, 6.45) is 0. The predicted molar refractivity (Wildman–Crippen MR) is 59.6 cm³/mol. The molecule has 0 aromatic heterocycles. The van der Waals surface area contributed by atoms with E-state index >= 15 is 0 Å². The van der Waals surface area contributed by atoms with Gasteiger partial charge in [-0.2, -0.15) is 5.26 Å². The molecule has 0 aliphatic carbocycles. The van der Waals surface area contributed by atoms with Crippen molar-refractivity contribution < 1.29 is 9.47 Å². The minimum atomic E-state index is -0.0779.